The molecule has 2 heterocycles. The van der Waals surface area contributed by atoms with Gasteiger partial charge in [-0.05, 0) is 73.3 Å². The fourth-order valence-electron chi connectivity index (χ4n) is 4.44. The van der Waals surface area contributed by atoms with Gasteiger partial charge in [-0.2, -0.15) is 4.98 Å². The molecule has 1 saturated heterocycles. The average molecular weight is 555 g/mol. The van der Waals surface area contributed by atoms with Crippen molar-refractivity contribution in [2.75, 3.05) is 48.8 Å². The number of carbonyl (C=O) groups excluding carboxylic acids is 2. The second-order valence-corrected chi connectivity index (χ2v) is 9.80. The third-order valence-corrected chi connectivity index (χ3v) is 6.80. The Bertz CT molecular complexity index is 1520. The summed E-state index contributed by atoms with van der Waals surface area (Å²) >= 11 is 0. The SMILES string of the molecule is CN1CCN(c2ccc(Nc3nc(Nc4ccc(C(=O)NCc5cccc(F)c5)cc4)ncc3C(N)=O)cc2)CC1. The number of halogens is 1. The molecule has 0 radical (unpaired) electrons. The highest BCUT2D eigenvalue weighted by Gasteiger charge is 2.16. The van der Waals surface area contributed by atoms with Gasteiger partial charge in [-0.3, -0.25) is 9.59 Å². The van der Waals surface area contributed by atoms with Crippen LogP contribution in [-0.2, 0) is 6.54 Å². The maximum absolute atomic E-state index is 13.4. The molecule has 1 fully saturated rings. The molecule has 5 N–H and O–H groups in total. The number of amides is 2. The lowest BCUT2D eigenvalue weighted by atomic mass is 10.1. The van der Waals surface area contributed by atoms with E-state index in [-0.39, 0.29) is 35.6 Å². The van der Waals surface area contributed by atoms with E-state index >= 15 is 0 Å². The standard InChI is InChI=1S/C30H31FN8O2/c1-38-13-15-39(16-14-38)25-11-9-23(10-12-25)35-28-26(27(32)40)19-34-30(37-28)36-24-7-5-21(6-8-24)29(41)33-18-20-3-2-4-22(31)17-20/h2-12,17,19H,13-16,18H2,1H3,(H2,32,40)(H,33,41)(H2,34,35,36,37). The predicted octanol–water partition coefficient (Wildman–Crippen LogP) is 3.88. The maximum Gasteiger partial charge on any atom is 0.254 e. The van der Waals surface area contributed by atoms with Crippen molar-refractivity contribution in [3.05, 3.63) is 102 Å². The Labute approximate surface area is 237 Å². The number of likely N-dealkylation sites (N-methyl/N-ethyl adjacent to an activating group) is 1. The van der Waals surface area contributed by atoms with Gasteiger partial charge in [-0.15, -0.1) is 0 Å². The van der Waals surface area contributed by atoms with E-state index < -0.39 is 5.91 Å². The molecule has 0 saturated carbocycles. The highest BCUT2D eigenvalue weighted by Crippen LogP contribution is 2.24. The Morgan fingerprint density at radius 1 is 0.927 bits per heavy atom. The smallest absolute Gasteiger partial charge is 0.254 e. The van der Waals surface area contributed by atoms with Crippen LogP contribution in [0, 0.1) is 5.82 Å². The third kappa shape index (κ3) is 7.14. The van der Waals surface area contributed by atoms with Gasteiger partial charge < -0.3 is 31.5 Å². The summed E-state index contributed by atoms with van der Waals surface area (Å²) in [5.41, 5.74) is 9.37. The van der Waals surface area contributed by atoms with E-state index in [1.54, 1.807) is 36.4 Å². The molecule has 1 aliphatic heterocycles. The van der Waals surface area contributed by atoms with Gasteiger partial charge in [-0.1, -0.05) is 12.1 Å². The molecule has 3 aromatic carbocycles. The van der Waals surface area contributed by atoms with Crippen molar-refractivity contribution < 1.29 is 14.0 Å². The molecule has 5 rings (SSSR count). The first-order chi connectivity index (χ1) is 19.8. The van der Waals surface area contributed by atoms with Gasteiger partial charge in [0, 0.05) is 61.5 Å². The minimum atomic E-state index is -0.651. The largest absolute Gasteiger partial charge is 0.369 e. The van der Waals surface area contributed by atoms with Crippen LogP contribution in [0.25, 0.3) is 0 Å². The van der Waals surface area contributed by atoms with Gasteiger partial charge >= 0.3 is 0 Å². The Hall–Kier alpha value is -5.03. The van der Waals surface area contributed by atoms with E-state index in [4.69, 9.17) is 5.73 Å². The van der Waals surface area contributed by atoms with Gasteiger partial charge in [0.25, 0.3) is 11.8 Å². The van der Waals surface area contributed by atoms with E-state index in [1.165, 1.54) is 18.3 Å². The summed E-state index contributed by atoms with van der Waals surface area (Å²) in [6.45, 7) is 4.19. The third-order valence-electron chi connectivity index (χ3n) is 6.80. The lowest BCUT2D eigenvalue weighted by Gasteiger charge is -2.34. The van der Waals surface area contributed by atoms with E-state index in [9.17, 15) is 14.0 Å². The zero-order valence-electron chi connectivity index (χ0n) is 22.6. The number of carbonyl (C=O) groups is 2. The molecule has 0 aliphatic carbocycles. The molecule has 2 amide bonds. The second kappa shape index (κ2) is 12.4. The molecule has 11 heteroatoms. The summed E-state index contributed by atoms with van der Waals surface area (Å²) in [6, 6.07) is 20.8. The number of piperazine rings is 1. The zero-order valence-corrected chi connectivity index (χ0v) is 22.6. The van der Waals surface area contributed by atoms with E-state index in [0.29, 0.717) is 16.8 Å². The molecule has 1 aliphatic rings. The first-order valence-corrected chi connectivity index (χ1v) is 13.2. The maximum atomic E-state index is 13.4. The highest BCUT2D eigenvalue weighted by molar-refractivity contribution is 5.98. The average Bonchev–Trinajstić information content (AvgIpc) is 2.97. The van der Waals surface area contributed by atoms with Crippen LogP contribution in [0.2, 0.25) is 0 Å². The van der Waals surface area contributed by atoms with Gasteiger partial charge in [0.05, 0.1) is 0 Å². The summed E-state index contributed by atoms with van der Waals surface area (Å²) in [6.07, 6.45) is 1.37. The van der Waals surface area contributed by atoms with Crippen LogP contribution in [0.3, 0.4) is 0 Å². The zero-order chi connectivity index (χ0) is 28.8. The van der Waals surface area contributed by atoms with Crippen molar-refractivity contribution in [3.8, 4) is 0 Å². The second-order valence-electron chi connectivity index (χ2n) is 9.80. The number of anilines is 5. The Morgan fingerprint density at radius 3 is 2.29 bits per heavy atom. The van der Waals surface area contributed by atoms with Crippen LogP contribution in [0.1, 0.15) is 26.3 Å². The van der Waals surface area contributed by atoms with Crippen molar-refractivity contribution in [2.45, 2.75) is 6.54 Å². The predicted molar refractivity (Wildman–Crippen MR) is 157 cm³/mol. The monoisotopic (exact) mass is 554 g/mol. The van der Waals surface area contributed by atoms with Gasteiger partial charge in [0.15, 0.2) is 0 Å². The number of primary amides is 1. The summed E-state index contributed by atoms with van der Waals surface area (Å²) in [5, 5.41) is 9.04. The summed E-state index contributed by atoms with van der Waals surface area (Å²) in [4.78, 5) is 37.9. The molecular weight excluding hydrogens is 523 g/mol. The van der Waals surface area contributed by atoms with Crippen LogP contribution in [0.15, 0.2) is 79.0 Å². The van der Waals surface area contributed by atoms with Crippen LogP contribution >= 0.6 is 0 Å². The number of benzene rings is 3. The molecule has 210 valence electrons. The normalized spacial score (nSPS) is 13.5. The Kier molecular flexibility index (Phi) is 8.35. The molecule has 0 bridgehead atoms. The summed E-state index contributed by atoms with van der Waals surface area (Å²) in [7, 11) is 2.12. The number of hydrogen-bond acceptors (Lipinski definition) is 8. The number of nitrogens with two attached hydrogens (primary N) is 1. The first kappa shape index (κ1) is 27.5. The fourth-order valence-corrected chi connectivity index (χ4v) is 4.44. The van der Waals surface area contributed by atoms with E-state index in [2.05, 4.69) is 42.8 Å². The van der Waals surface area contributed by atoms with Crippen molar-refractivity contribution >= 4 is 40.6 Å². The van der Waals surface area contributed by atoms with Gasteiger partial charge in [-0.25, -0.2) is 9.37 Å². The summed E-state index contributed by atoms with van der Waals surface area (Å²) in [5.74, 6) is -0.768. The van der Waals surface area contributed by atoms with Crippen LogP contribution in [0.5, 0.6) is 0 Å². The Balaban J connectivity index is 1.23. The van der Waals surface area contributed by atoms with Crippen molar-refractivity contribution in [1.82, 2.24) is 20.2 Å². The van der Waals surface area contributed by atoms with Crippen LogP contribution in [0.4, 0.5) is 33.2 Å². The lowest BCUT2D eigenvalue weighted by molar-refractivity contribution is 0.0949. The number of nitrogens with one attached hydrogen (secondary N) is 3. The molecule has 0 spiro atoms. The molecule has 0 unspecified atom stereocenters. The molecule has 41 heavy (non-hydrogen) atoms. The quantitative estimate of drug-likeness (QED) is 0.245. The first-order valence-electron chi connectivity index (χ1n) is 13.2. The van der Waals surface area contributed by atoms with Crippen LogP contribution < -0.4 is 26.6 Å². The molecule has 10 nitrogen and oxygen atoms in total. The minimum Gasteiger partial charge on any atom is -0.369 e. The summed E-state index contributed by atoms with van der Waals surface area (Å²) < 4.78 is 13.4. The minimum absolute atomic E-state index is 0.156. The Morgan fingerprint density at radius 2 is 1.61 bits per heavy atom. The number of nitrogens with zero attached hydrogens (tertiary/aromatic N) is 4. The number of rotatable bonds is 9. The van der Waals surface area contributed by atoms with Gasteiger partial charge in [0.1, 0.15) is 17.2 Å². The fraction of sp³-hybridized carbons (Fsp3) is 0.200. The number of hydrogen-bond donors (Lipinski definition) is 4. The van der Waals surface area contributed by atoms with E-state index in [1.807, 2.05) is 24.3 Å². The molecular formula is C30H31FN8O2. The lowest BCUT2D eigenvalue weighted by Crippen LogP contribution is -2.44. The van der Waals surface area contributed by atoms with Crippen molar-refractivity contribution in [3.63, 3.8) is 0 Å². The van der Waals surface area contributed by atoms with Crippen molar-refractivity contribution in [2.24, 2.45) is 5.73 Å². The highest BCUT2D eigenvalue weighted by atomic mass is 19.1. The van der Waals surface area contributed by atoms with Crippen molar-refractivity contribution in [1.29, 1.82) is 0 Å². The number of aromatic nitrogens is 2. The topological polar surface area (TPSA) is 129 Å². The molecule has 0 atom stereocenters. The van der Waals surface area contributed by atoms with Gasteiger partial charge in [0.2, 0.25) is 5.95 Å². The van der Waals surface area contributed by atoms with E-state index in [0.717, 1.165) is 37.6 Å². The molecule has 4 aromatic rings. The molecule has 1 aromatic heterocycles. The van der Waals surface area contributed by atoms with Crippen LogP contribution in [-0.4, -0.2) is 59.9 Å².